The number of phosphoric acid groups is 3. The summed E-state index contributed by atoms with van der Waals surface area (Å²) in [6.07, 6.45) is -5.70. The van der Waals surface area contributed by atoms with E-state index in [-0.39, 0.29) is 88.7 Å². The zero-order valence-electron chi connectivity index (χ0n) is 13.8. The molecule has 17 nitrogen and oxygen atoms in total. The number of rotatable bonds is 8. The Labute approximate surface area is 244 Å². The number of hydrogen-bond donors (Lipinski definition) is 7. The topological polar surface area (TPSA) is 264 Å². The number of aromatic amines is 1. The van der Waals surface area contributed by atoms with Crippen LogP contribution >= 0.6 is 23.5 Å². The summed E-state index contributed by atoms with van der Waals surface area (Å²) in [5, 5.41) is 19.9. The second-order valence-electron chi connectivity index (χ2n) is 5.45. The van der Waals surface area contributed by atoms with Gasteiger partial charge in [-0.05, 0) is 0 Å². The van der Waals surface area contributed by atoms with Gasteiger partial charge in [0.15, 0.2) is 6.23 Å². The van der Waals surface area contributed by atoms with Crippen LogP contribution in [0.25, 0.3) is 0 Å². The van der Waals surface area contributed by atoms with Crippen LogP contribution in [0, 0.1) is 0 Å². The van der Waals surface area contributed by atoms with Crippen molar-refractivity contribution in [3.8, 4) is 0 Å². The van der Waals surface area contributed by atoms with Crippen LogP contribution in [-0.4, -0.2) is 153 Å². The van der Waals surface area contributed by atoms with Crippen molar-refractivity contribution in [1.29, 1.82) is 0 Å². The van der Waals surface area contributed by atoms with Gasteiger partial charge in [-0.1, -0.05) is 0 Å². The summed E-state index contributed by atoms with van der Waals surface area (Å²) in [7, 11) is -16.8. The van der Waals surface area contributed by atoms with E-state index in [9.17, 15) is 38.4 Å². The maximum absolute atomic E-state index is 11.7. The van der Waals surface area contributed by atoms with Gasteiger partial charge < -0.3 is 34.5 Å². The summed E-state index contributed by atoms with van der Waals surface area (Å²) in [5.41, 5.74) is -1.74. The molecule has 1 fully saturated rings. The van der Waals surface area contributed by atoms with Crippen LogP contribution in [-0.2, 0) is 31.6 Å². The summed E-state index contributed by atoms with van der Waals surface area (Å²) in [6, 6.07) is 0.920. The van der Waals surface area contributed by atoms with Gasteiger partial charge in [0.1, 0.15) is 18.3 Å². The number of aromatic nitrogens is 2. The summed E-state index contributed by atoms with van der Waals surface area (Å²) in [5.74, 6) is 0. The molecule has 7 N–H and O–H groups in total. The number of H-pyrrole nitrogens is 1. The minimum atomic E-state index is -5.73. The van der Waals surface area contributed by atoms with E-state index < -0.39 is 65.9 Å². The SMILES string of the molecule is O=c1ccn([C@@H]2O[C@H](COP(=O)(O)OP(=O)(O)OP(=O)(O)O)[C@@H](O)[C@H]2O)c(=O)[nH]1.[NaH].[NaH].[NaH]. The van der Waals surface area contributed by atoms with E-state index in [4.69, 9.17) is 19.4 Å². The van der Waals surface area contributed by atoms with E-state index in [0.29, 0.717) is 4.57 Å². The number of nitrogens with zero attached hydrogens (tertiary/aromatic N) is 1. The number of aliphatic hydroxyl groups is 2. The first-order valence-corrected chi connectivity index (χ1v) is 11.7. The molecule has 172 valence electrons. The van der Waals surface area contributed by atoms with E-state index in [0.717, 1.165) is 12.3 Å². The third-order valence-electron chi connectivity index (χ3n) is 3.28. The molecule has 0 spiro atoms. The molecule has 0 aromatic carbocycles. The maximum atomic E-state index is 11.7. The zero-order valence-corrected chi connectivity index (χ0v) is 16.5. The Morgan fingerprint density at radius 1 is 0.969 bits per heavy atom. The van der Waals surface area contributed by atoms with Gasteiger partial charge >= 0.3 is 118 Å². The van der Waals surface area contributed by atoms with Crippen LogP contribution < -0.4 is 11.2 Å². The Kier molecular flexibility index (Phi) is 15.9. The van der Waals surface area contributed by atoms with E-state index in [1.54, 1.807) is 0 Å². The predicted molar refractivity (Wildman–Crippen MR) is 109 cm³/mol. The molecule has 2 unspecified atom stereocenters. The first-order chi connectivity index (χ1) is 13.1. The van der Waals surface area contributed by atoms with Gasteiger partial charge in [0.25, 0.3) is 5.56 Å². The monoisotopic (exact) mass is 556 g/mol. The molecule has 1 aliphatic heterocycles. The molecule has 1 aliphatic rings. The summed E-state index contributed by atoms with van der Waals surface area (Å²) in [6.45, 7) is -1.05. The van der Waals surface area contributed by atoms with Gasteiger partial charge in [0.2, 0.25) is 0 Å². The second-order valence-corrected chi connectivity index (χ2v) is 9.87. The summed E-state index contributed by atoms with van der Waals surface area (Å²) in [4.78, 5) is 59.9. The molecule has 1 saturated heterocycles. The van der Waals surface area contributed by atoms with Crippen LogP contribution in [0.1, 0.15) is 6.23 Å². The molecule has 1 aromatic heterocycles. The van der Waals surface area contributed by atoms with Gasteiger partial charge in [-0.25, -0.2) is 18.5 Å². The van der Waals surface area contributed by atoms with Crippen molar-refractivity contribution in [2.45, 2.75) is 24.5 Å². The molecule has 23 heteroatoms. The van der Waals surface area contributed by atoms with E-state index in [1.807, 2.05) is 4.98 Å². The van der Waals surface area contributed by atoms with Crippen LogP contribution in [0.3, 0.4) is 0 Å². The van der Waals surface area contributed by atoms with Crippen molar-refractivity contribution in [3.05, 3.63) is 33.1 Å². The zero-order chi connectivity index (χ0) is 22.2. The molecule has 0 amide bonds. The van der Waals surface area contributed by atoms with Crippen molar-refractivity contribution >= 4 is 112 Å². The third kappa shape index (κ3) is 10.9. The standard InChI is InChI=1S/C9H15N2O15P3.3Na.3H/c12-5-1-2-11(9(15)10-5)8-7(14)6(13)4(24-8)3-23-28(19,20)26-29(21,22)25-27(16,17)18;;;;;;/h1-2,4,6-8,13-14H,3H2,(H,19,20)(H,21,22)(H,10,12,15)(H2,16,17,18);;;;;;/t4-,6-,7-,8-;;;;;;/m1....../s1. The average molecular weight is 556 g/mol. The van der Waals surface area contributed by atoms with Gasteiger partial charge in [0, 0.05) is 12.3 Å². The molecule has 32 heavy (non-hydrogen) atoms. The van der Waals surface area contributed by atoms with Crippen molar-refractivity contribution in [2.75, 3.05) is 6.61 Å². The first kappa shape index (κ1) is 36.1. The van der Waals surface area contributed by atoms with Crippen molar-refractivity contribution in [2.24, 2.45) is 0 Å². The van der Waals surface area contributed by atoms with Gasteiger partial charge in [-0.15, -0.1) is 0 Å². The fourth-order valence-corrected chi connectivity index (χ4v) is 5.23. The molecular formula is C9H18N2Na3O15P3. The number of ether oxygens (including phenoxy) is 1. The Morgan fingerprint density at radius 2 is 1.53 bits per heavy atom. The van der Waals surface area contributed by atoms with Crippen LogP contribution in [0.2, 0.25) is 0 Å². The molecule has 0 bridgehead atoms. The van der Waals surface area contributed by atoms with E-state index in [2.05, 4.69) is 13.1 Å². The molecule has 2 rings (SSSR count). The van der Waals surface area contributed by atoms with Crippen molar-refractivity contribution in [1.82, 2.24) is 9.55 Å². The minimum absolute atomic E-state index is 0. The van der Waals surface area contributed by atoms with Crippen molar-refractivity contribution < 1.29 is 61.4 Å². The predicted octanol–water partition coefficient (Wildman–Crippen LogP) is -4.45. The van der Waals surface area contributed by atoms with E-state index in [1.165, 1.54) is 0 Å². The normalized spacial score (nSPS) is 26.6. The van der Waals surface area contributed by atoms with Crippen LogP contribution in [0.5, 0.6) is 0 Å². The fourth-order valence-electron chi connectivity index (χ4n) is 2.20. The number of hydrogen-bond acceptors (Lipinski definition) is 11. The van der Waals surface area contributed by atoms with Crippen molar-refractivity contribution in [3.63, 3.8) is 0 Å². The second kappa shape index (κ2) is 14.1. The Balaban J connectivity index is 0. The molecule has 0 aliphatic carbocycles. The molecule has 6 atom stereocenters. The number of aliphatic hydroxyl groups excluding tert-OH is 2. The van der Waals surface area contributed by atoms with E-state index >= 15 is 0 Å². The molecule has 2 heterocycles. The molecule has 0 saturated carbocycles. The summed E-state index contributed by atoms with van der Waals surface area (Å²) >= 11 is 0. The fraction of sp³-hybridized carbons (Fsp3) is 0.556. The quantitative estimate of drug-likeness (QED) is 0.118. The average Bonchev–Trinajstić information content (AvgIpc) is 2.78. The molecular weight excluding hydrogens is 538 g/mol. The van der Waals surface area contributed by atoms with Gasteiger partial charge in [-0.2, -0.15) is 8.62 Å². The van der Waals surface area contributed by atoms with Gasteiger partial charge in [0.05, 0.1) is 6.61 Å². The van der Waals surface area contributed by atoms with Gasteiger partial charge in [-0.3, -0.25) is 18.9 Å². The Hall–Kier alpha value is 1.97. The molecule has 0 radical (unpaired) electrons. The first-order valence-electron chi connectivity index (χ1n) is 7.22. The molecule has 1 aromatic rings. The number of nitrogens with one attached hydrogen (secondary N) is 1. The number of phosphoric ester groups is 1. The van der Waals surface area contributed by atoms with Crippen LogP contribution in [0.4, 0.5) is 0 Å². The Morgan fingerprint density at radius 3 is 2.03 bits per heavy atom. The third-order valence-corrected chi connectivity index (χ3v) is 7.08. The Bertz CT molecular complexity index is 1010. The van der Waals surface area contributed by atoms with Crippen LogP contribution in [0.15, 0.2) is 21.9 Å². The summed E-state index contributed by atoms with van der Waals surface area (Å²) < 4.78 is 50.6.